The van der Waals surface area contributed by atoms with Gasteiger partial charge in [-0.1, -0.05) is 112 Å². The van der Waals surface area contributed by atoms with E-state index >= 15 is 0 Å². The highest BCUT2D eigenvalue weighted by Gasteiger charge is 2.47. The van der Waals surface area contributed by atoms with E-state index < -0.39 is 64.9 Å². The molecule has 1 unspecified atom stereocenters. The Morgan fingerprint density at radius 3 is 1.78 bits per heavy atom. The van der Waals surface area contributed by atoms with Crippen molar-refractivity contribution in [2.24, 2.45) is 0 Å². The van der Waals surface area contributed by atoms with Crippen molar-refractivity contribution < 1.29 is 46.7 Å². The van der Waals surface area contributed by atoms with Gasteiger partial charge in [-0.2, -0.15) is 4.98 Å². The smallest absolute Gasteiger partial charge is 0.351 e. The largest absolute Gasteiger partial charge is 0.497 e. The Balaban J connectivity index is 0.934. The van der Waals surface area contributed by atoms with Crippen LogP contribution in [-0.4, -0.2) is 108 Å². The number of benzene rings is 5. The Morgan fingerprint density at radius 1 is 0.671 bits per heavy atom. The Labute approximate surface area is 478 Å². The molecule has 2 aliphatic heterocycles. The molecule has 5 aromatic carbocycles. The summed E-state index contributed by atoms with van der Waals surface area (Å²) in [5, 5.41) is 5.49. The number of rotatable bonds is 21. The molecule has 0 saturated carbocycles. The van der Waals surface area contributed by atoms with Gasteiger partial charge >= 0.3 is 5.69 Å². The van der Waals surface area contributed by atoms with E-state index in [0.29, 0.717) is 46.6 Å². The summed E-state index contributed by atoms with van der Waals surface area (Å²) in [6.45, 7) is 12.9. The minimum atomic E-state index is -2.39. The maximum absolute atomic E-state index is 13.7. The maximum Gasteiger partial charge on any atom is 0.351 e. The Hall–Kier alpha value is -7.52. The number of carbonyl (C=O) groups is 2. The second-order valence-electron chi connectivity index (χ2n) is 21.5. The fourth-order valence-electron chi connectivity index (χ4n) is 9.92. The van der Waals surface area contributed by atoms with Crippen molar-refractivity contribution in [3.05, 3.63) is 203 Å². The number of anilines is 2. The van der Waals surface area contributed by atoms with Crippen molar-refractivity contribution >= 4 is 51.3 Å². The lowest BCUT2D eigenvalue weighted by Gasteiger charge is -2.39. The molecular weight excluding hydrogens is 1080 g/mol. The molecule has 3 aromatic heterocycles. The summed E-state index contributed by atoms with van der Waals surface area (Å²) in [7, 11) is -0.780. The second kappa shape index (κ2) is 24.9. The Bertz CT molecular complexity index is 3470. The zero-order valence-corrected chi connectivity index (χ0v) is 48.9. The van der Waals surface area contributed by atoms with E-state index in [4.69, 9.17) is 42.1 Å². The number of ether oxygens (including phenoxy) is 5. The number of methoxy groups -OCH3 is 2. The van der Waals surface area contributed by atoms with Gasteiger partial charge in [0.05, 0.1) is 46.0 Å². The molecule has 2 fully saturated rings. The van der Waals surface area contributed by atoms with Crippen LogP contribution in [0.1, 0.15) is 83.5 Å². The molecule has 82 heavy (non-hydrogen) atoms. The molecule has 19 nitrogen and oxygen atoms in total. The van der Waals surface area contributed by atoms with Crippen LogP contribution in [0.2, 0.25) is 18.1 Å². The number of nitrogens with zero attached hydrogens (tertiary/aromatic N) is 6. The Kier molecular flexibility index (Phi) is 17.5. The first-order valence-electron chi connectivity index (χ1n) is 27.0. The van der Waals surface area contributed by atoms with E-state index in [-0.39, 0.29) is 41.7 Å². The summed E-state index contributed by atoms with van der Waals surface area (Å²) in [6.07, 6.45) is 1.51. The number of hydrogen-bond donors (Lipinski definition) is 2. The highest BCUT2D eigenvalue weighted by Crippen LogP contribution is 2.47. The molecule has 2 aliphatic rings. The van der Waals surface area contributed by atoms with Crippen LogP contribution >= 0.6 is 8.38 Å². The van der Waals surface area contributed by atoms with Gasteiger partial charge in [0.25, 0.3) is 11.8 Å². The van der Waals surface area contributed by atoms with Crippen LogP contribution < -0.4 is 25.8 Å². The van der Waals surface area contributed by atoms with Crippen molar-refractivity contribution in [1.29, 1.82) is 0 Å². The lowest BCUT2D eigenvalue weighted by molar-refractivity contribution is -0.0908. The first-order valence-corrected chi connectivity index (χ1v) is 31.6. The van der Waals surface area contributed by atoms with Crippen molar-refractivity contribution in [1.82, 2.24) is 29.1 Å². The van der Waals surface area contributed by atoms with Gasteiger partial charge in [0.2, 0.25) is 0 Å². The lowest BCUT2D eigenvalue weighted by atomic mass is 9.80. The van der Waals surface area contributed by atoms with Gasteiger partial charge in [-0.05, 0) is 89.4 Å². The predicted octanol–water partition coefficient (Wildman–Crippen LogP) is 10.9. The molecule has 5 heterocycles. The number of amides is 2. The van der Waals surface area contributed by atoms with Gasteiger partial charge in [-0.3, -0.25) is 18.7 Å². The third-order valence-electron chi connectivity index (χ3n) is 15.3. The number of imidazole rings is 1. The third kappa shape index (κ3) is 12.6. The van der Waals surface area contributed by atoms with Crippen LogP contribution in [0.15, 0.2) is 169 Å². The molecule has 0 bridgehead atoms. The molecular formula is C61H67N8O11PSi. The SMILES string of the molecule is COc1ccc(C(OC[C@H]2O[C@@H](n3cnc4c(NC(=O)c5ccccc5)ncnc43)C[C@@H]2OP(C)OC[C@H]2O[C@@H](n3ccc(NC(=O)c4ccccc4)nc3=O)C[C@@H]2O[Si](C)(C)C(C)(C)C)(c2ccccc2)c2ccc(OC)cc2)cc1. The second-order valence-corrected chi connectivity index (χ2v) is 27.6. The molecule has 0 aliphatic carbocycles. The van der Waals surface area contributed by atoms with Crippen molar-refractivity contribution in [3.8, 4) is 11.5 Å². The Morgan fingerprint density at radius 2 is 1.21 bits per heavy atom. The number of hydrogen-bond acceptors (Lipinski definition) is 15. The van der Waals surface area contributed by atoms with Crippen LogP contribution in [-0.2, 0) is 33.3 Å². The molecule has 0 radical (unpaired) electrons. The number of fused-ring (bicyclic) bond motifs is 1. The van der Waals surface area contributed by atoms with E-state index in [1.165, 1.54) is 10.9 Å². The summed E-state index contributed by atoms with van der Waals surface area (Å²) in [4.78, 5) is 57.9. The summed E-state index contributed by atoms with van der Waals surface area (Å²) in [6, 6.07) is 44.8. The van der Waals surface area contributed by atoms with Crippen LogP contribution in [0.5, 0.6) is 11.5 Å². The first kappa shape index (κ1) is 57.7. The van der Waals surface area contributed by atoms with Crippen LogP contribution in [0.25, 0.3) is 11.2 Å². The molecule has 8 aromatic rings. The molecule has 2 amide bonds. The fourth-order valence-corrected chi connectivity index (χ4v) is 12.3. The summed E-state index contributed by atoms with van der Waals surface area (Å²) in [5.74, 6) is 1.02. The molecule has 10 rings (SSSR count). The van der Waals surface area contributed by atoms with Gasteiger partial charge in [-0.25, -0.2) is 19.7 Å². The van der Waals surface area contributed by atoms with Crippen molar-refractivity contribution in [2.75, 3.05) is 44.7 Å². The van der Waals surface area contributed by atoms with Gasteiger partial charge in [0, 0.05) is 36.8 Å². The monoisotopic (exact) mass is 1150 g/mol. The quantitative estimate of drug-likeness (QED) is 0.0389. The van der Waals surface area contributed by atoms with Gasteiger partial charge in [0.15, 0.2) is 33.7 Å². The van der Waals surface area contributed by atoms with Crippen molar-refractivity contribution in [2.45, 2.75) is 94.2 Å². The third-order valence-corrected chi connectivity index (χ3v) is 20.9. The highest BCUT2D eigenvalue weighted by molar-refractivity contribution is 7.46. The number of nitrogens with one attached hydrogen (secondary N) is 2. The molecule has 21 heteroatoms. The van der Waals surface area contributed by atoms with E-state index in [2.05, 4.69) is 59.5 Å². The van der Waals surface area contributed by atoms with Crippen LogP contribution in [0.3, 0.4) is 0 Å². The predicted molar refractivity (Wildman–Crippen MR) is 314 cm³/mol. The van der Waals surface area contributed by atoms with E-state index in [1.54, 1.807) is 81.3 Å². The van der Waals surface area contributed by atoms with Gasteiger partial charge < -0.3 is 47.8 Å². The first-order chi connectivity index (χ1) is 39.5. The standard InChI is InChI=1S/C61H67N8O11PSi/c1-60(2,3)82(7,8)80-48-35-52(68-33-32-51(66-59(68)72)65-57(70)40-18-12-9-13-19-40)78-50(48)37-76-81(6)79-47-34-53(69-39-64-54-55(62-38-63-56(54)69)67-58(71)41-20-14-10-15-21-41)77-49(47)36-75-61(42-22-16-11-17-23-42,43-24-28-45(73-4)29-25-43)44-26-30-46(74-5)31-27-44/h9-33,38-39,47-50,52-53H,34-37H2,1-8H3,(H,62,63,67,71)(H,65,66,70,72)/t47-,48-,49+,50+,52+,53+,81?/m0/s1. The number of carbonyl (C=O) groups excluding carboxylic acids is 2. The summed E-state index contributed by atoms with van der Waals surface area (Å²) >= 11 is 0. The minimum absolute atomic E-state index is 0.0324. The topological polar surface area (TPSA) is 211 Å². The number of aromatic nitrogens is 6. The minimum Gasteiger partial charge on any atom is -0.497 e. The van der Waals surface area contributed by atoms with Crippen LogP contribution in [0.4, 0.5) is 11.6 Å². The normalized spacial score (nSPS) is 19.7. The van der Waals surface area contributed by atoms with Gasteiger partial charge in [-0.15, -0.1) is 0 Å². The van der Waals surface area contributed by atoms with Gasteiger partial charge in [0.1, 0.15) is 53.9 Å². The van der Waals surface area contributed by atoms with Crippen LogP contribution in [0, 0.1) is 0 Å². The zero-order valence-electron chi connectivity index (χ0n) is 47.0. The summed E-state index contributed by atoms with van der Waals surface area (Å²) in [5.41, 5.74) is 2.51. The van der Waals surface area contributed by atoms with E-state index in [9.17, 15) is 14.4 Å². The molecule has 426 valence electrons. The zero-order chi connectivity index (χ0) is 57.6. The summed E-state index contributed by atoms with van der Waals surface area (Å²) < 4.78 is 56.3. The molecule has 0 spiro atoms. The van der Waals surface area contributed by atoms with E-state index in [1.807, 2.05) is 102 Å². The molecule has 2 saturated heterocycles. The van der Waals surface area contributed by atoms with E-state index in [0.717, 1.165) is 16.7 Å². The maximum atomic E-state index is 13.7. The fraction of sp³-hybridized carbons (Fsp3) is 0.328. The molecule has 7 atom stereocenters. The highest BCUT2D eigenvalue weighted by atomic mass is 31.2. The molecule has 2 N–H and O–H groups in total. The average molecular weight is 1150 g/mol. The average Bonchev–Trinajstić information content (AvgIpc) is 4.20. The van der Waals surface area contributed by atoms with Crippen molar-refractivity contribution in [3.63, 3.8) is 0 Å². The lowest BCUT2D eigenvalue weighted by Crippen LogP contribution is -2.46.